The lowest BCUT2D eigenvalue weighted by Crippen LogP contribution is -2.45. The van der Waals surface area contributed by atoms with Crippen molar-refractivity contribution in [3.05, 3.63) is 34.1 Å². The number of nitrogens with one attached hydrogen (secondary N) is 2. The normalized spacial score (nSPS) is 18.9. The van der Waals surface area contributed by atoms with Crippen LogP contribution in [-0.4, -0.2) is 25.0 Å². The Labute approximate surface area is 120 Å². The third-order valence-corrected chi connectivity index (χ3v) is 3.21. The largest absolute Gasteiger partial charge is 0.348 e. The molecule has 0 aromatic heterocycles. The average Bonchev–Trinajstić information content (AvgIpc) is 2.29. The Bertz CT molecular complexity index is 404. The van der Waals surface area contributed by atoms with Gasteiger partial charge in [-0.3, -0.25) is 4.79 Å². The molecular formula is C12H15BrClFN2O. The molecule has 3 nitrogen and oxygen atoms in total. The molecule has 1 amide bonds. The summed E-state index contributed by atoms with van der Waals surface area (Å²) in [5.41, 5.74) is 0.349. The minimum atomic E-state index is -0.411. The maximum atomic E-state index is 13.1. The Morgan fingerprint density at radius 3 is 2.83 bits per heavy atom. The SMILES string of the molecule is Cl.O=C(NC1CCCNC1)c1cc(F)cc(Br)c1. The van der Waals surface area contributed by atoms with Gasteiger partial charge in [0.05, 0.1) is 0 Å². The molecule has 0 radical (unpaired) electrons. The van der Waals surface area contributed by atoms with Gasteiger partial charge in [-0.1, -0.05) is 15.9 Å². The first-order chi connectivity index (χ1) is 8.15. The van der Waals surface area contributed by atoms with Crippen LogP contribution < -0.4 is 10.6 Å². The summed E-state index contributed by atoms with van der Waals surface area (Å²) in [7, 11) is 0. The highest BCUT2D eigenvalue weighted by atomic mass is 79.9. The summed E-state index contributed by atoms with van der Waals surface area (Å²) in [4.78, 5) is 11.9. The van der Waals surface area contributed by atoms with Crippen molar-refractivity contribution >= 4 is 34.2 Å². The van der Waals surface area contributed by atoms with Gasteiger partial charge in [0.15, 0.2) is 0 Å². The fourth-order valence-electron chi connectivity index (χ4n) is 1.93. The number of carbonyl (C=O) groups excluding carboxylic acids is 1. The van der Waals surface area contributed by atoms with Crippen LogP contribution in [0.2, 0.25) is 0 Å². The maximum absolute atomic E-state index is 13.1. The number of benzene rings is 1. The summed E-state index contributed by atoms with van der Waals surface area (Å²) >= 11 is 3.17. The number of amides is 1. The van der Waals surface area contributed by atoms with E-state index in [1.807, 2.05) is 0 Å². The second-order valence-corrected chi connectivity index (χ2v) is 5.09. The van der Waals surface area contributed by atoms with Crippen molar-refractivity contribution in [2.75, 3.05) is 13.1 Å². The van der Waals surface area contributed by atoms with Crippen molar-refractivity contribution in [3.8, 4) is 0 Å². The lowest BCUT2D eigenvalue weighted by atomic mass is 10.1. The van der Waals surface area contributed by atoms with Crippen molar-refractivity contribution in [1.82, 2.24) is 10.6 Å². The zero-order valence-corrected chi connectivity index (χ0v) is 12.1. The van der Waals surface area contributed by atoms with Crippen molar-refractivity contribution in [2.45, 2.75) is 18.9 Å². The Balaban J connectivity index is 0.00000162. The summed E-state index contributed by atoms with van der Waals surface area (Å²) in [5, 5.41) is 6.12. The van der Waals surface area contributed by atoms with Gasteiger partial charge in [0.2, 0.25) is 0 Å². The quantitative estimate of drug-likeness (QED) is 0.870. The molecule has 1 fully saturated rings. The molecule has 1 atom stereocenters. The third kappa shape index (κ3) is 4.23. The van der Waals surface area contributed by atoms with Gasteiger partial charge in [0.25, 0.3) is 5.91 Å². The van der Waals surface area contributed by atoms with E-state index < -0.39 is 5.82 Å². The van der Waals surface area contributed by atoms with E-state index in [1.165, 1.54) is 12.1 Å². The Morgan fingerprint density at radius 1 is 1.44 bits per heavy atom. The summed E-state index contributed by atoms with van der Waals surface area (Å²) < 4.78 is 13.7. The lowest BCUT2D eigenvalue weighted by molar-refractivity contribution is 0.0930. The highest BCUT2D eigenvalue weighted by Gasteiger charge is 2.16. The Hall–Kier alpha value is -0.650. The van der Waals surface area contributed by atoms with Crippen LogP contribution >= 0.6 is 28.3 Å². The standard InChI is InChI=1S/C12H14BrFN2O.ClH/c13-9-4-8(5-10(14)6-9)12(17)16-11-2-1-3-15-7-11;/h4-6,11,15H,1-3,7H2,(H,16,17);1H. The Kier molecular flexibility index (Phi) is 6.05. The monoisotopic (exact) mass is 336 g/mol. The summed E-state index contributed by atoms with van der Waals surface area (Å²) in [6.07, 6.45) is 2.02. The van der Waals surface area contributed by atoms with Gasteiger partial charge in [-0.15, -0.1) is 12.4 Å². The Morgan fingerprint density at radius 2 is 2.22 bits per heavy atom. The van der Waals surface area contributed by atoms with E-state index in [-0.39, 0.29) is 24.4 Å². The molecule has 6 heteroatoms. The number of hydrogen-bond donors (Lipinski definition) is 2. The molecule has 1 unspecified atom stereocenters. The van der Waals surface area contributed by atoms with E-state index >= 15 is 0 Å². The minimum absolute atomic E-state index is 0. The second-order valence-electron chi connectivity index (χ2n) is 4.17. The predicted octanol–water partition coefficient (Wildman–Crippen LogP) is 2.49. The highest BCUT2D eigenvalue weighted by Crippen LogP contribution is 2.15. The molecule has 18 heavy (non-hydrogen) atoms. The van der Waals surface area contributed by atoms with E-state index in [0.717, 1.165) is 25.9 Å². The first-order valence-corrected chi connectivity index (χ1v) is 6.42. The van der Waals surface area contributed by atoms with Crippen LogP contribution in [0, 0.1) is 5.82 Å². The summed E-state index contributed by atoms with van der Waals surface area (Å²) in [6, 6.07) is 4.34. The molecule has 1 aromatic rings. The summed E-state index contributed by atoms with van der Waals surface area (Å²) in [5.74, 6) is -0.634. The molecule has 2 rings (SSSR count). The molecule has 0 spiro atoms. The zero-order chi connectivity index (χ0) is 12.3. The van der Waals surface area contributed by atoms with Crippen molar-refractivity contribution in [2.24, 2.45) is 0 Å². The fraction of sp³-hybridized carbons (Fsp3) is 0.417. The predicted molar refractivity (Wildman–Crippen MR) is 74.7 cm³/mol. The van der Waals surface area contributed by atoms with Crippen LogP contribution in [0.3, 0.4) is 0 Å². The molecule has 1 saturated heterocycles. The van der Waals surface area contributed by atoms with Gasteiger partial charge in [0, 0.05) is 22.6 Å². The van der Waals surface area contributed by atoms with Crippen molar-refractivity contribution in [3.63, 3.8) is 0 Å². The third-order valence-electron chi connectivity index (χ3n) is 2.76. The molecule has 1 aliphatic heterocycles. The zero-order valence-electron chi connectivity index (χ0n) is 9.71. The van der Waals surface area contributed by atoms with Crippen molar-refractivity contribution < 1.29 is 9.18 Å². The number of carbonyl (C=O) groups is 1. The van der Waals surface area contributed by atoms with Crippen LogP contribution in [0.25, 0.3) is 0 Å². The van der Waals surface area contributed by atoms with Crippen molar-refractivity contribution in [1.29, 1.82) is 0 Å². The maximum Gasteiger partial charge on any atom is 0.251 e. The molecule has 1 aromatic carbocycles. The smallest absolute Gasteiger partial charge is 0.251 e. The molecule has 0 saturated carbocycles. The number of rotatable bonds is 2. The molecule has 0 aliphatic carbocycles. The van der Waals surface area contributed by atoms with Gasteiger partial charge in [-0.2, -0.15) is 0 Å². The topological polar surface area (TPSA) is 41.1 Å². The highest BCUT2D eigenvalue weighted by molar-refractivity contribution is 9.10. The van der Waals surface area contributed by atoms with E-state index in [2.05, 4.69) is 26.6 Å². The molecule has 100 valence electrons. The van der Waals surface area contributed by atoms with Gasteiger partial charge >= 0.3 is 0 Å². The van der Waals surface area contributed by atoms with Gasteiger partial charge in [-0.05, 0) is 37.6 Å². The van der Waals surface area contributed by atoms with E-state index in [0.29, 0.717) is 10.0 Å². The number of hydrogen-bond acceptors (Lipinski definition) is 2. The molecule has 2 N–H and O–H groups in total. The molecular weight excluding hydrogens is 322 g/mol. The van der Waals surface area contributed by atoms with Crippen LogP contribution in [0.1, 0.15) is 23.2 Å². The molecule has 1 heterocycles. The lowest BCUT2D eigenvalue weighted by Gasteiger charge is -2.23. The first-order valence-electron chi connectivity index (χ1n) is 5.63. The number of piperidine rings is 1. The molecule has 1 aliphatic rings. The average molecular weight is 338 g/mol. The van der Waals surface area contributed by atoms with Gasteiger partial charge < -0.3 is 10.6 Å². The van der Waals surface area contributed by atoms with Gasteiger partial charge in [-0.25, -0.2) is 4.39 Å². The summed E-state index contributed by atoms with van der Waals surface area (Å²) in [6.45, 7) is 1.78. The fourth-order valence-corrected chi connectivity index (χ4v) is 2.39. The van der Waals surface area contributed by atoms with Crippen LogP contribution in [-0.2, 0) is 0 Å². The van der Waals surface area contributed by atoms with Crippen LogP contribution in [0.5, 0.6) is 0 Å². The van der Waals surface area contributed by atoms with Gasteiger partial charge in [0.1, 0.15) is 5.82 Å². The number of halogens is 3. The first kappa shape index (κ1) is 15.4. The minimum Gasteiger partial charge on any atom is -0.348 e. The molecule has 0 bridgehead atoms. The van der Waals surface area contributed by atoms with Crippen LogP contribution in [0.4, 0.5) is 4.39 Å². The second kappa shape index (κ2) is 7.07. The van der Waals surface area contributed by atoms with Crippen LogP contribution in [0.15, 0.2) is 22.7 Å². The van der Waals surface area contributed by atoms with E-state index in [4.69, 9.17) is 0 Å². The van der Waals surface area contributed by atoms with E-state index in [1.54, 1.807) is 6.07 Å². The van der Waals surface area contributed by atoms with E-state index in [9.17, 15) is 9.18 Å².